The molecule has 0 aromatic heterocycles. The van der Waals surface area contributed by atoms with E-state index < -0.39 is 6.10 Å². The Morgan fingerprint density at radius 2 is 0.534 bits per heavy atom. The van der Waals surface area contributed by atoms with Gasteiger partial charge in [-0.3, -0.25) is 14.4 Å². The summed E-state index contributed by atoms with van der Waals surface area (Å²) >= 11 is 0. The van der Waals surface area contributed by atoms with E-state index in [1.807, 2.05) is 0 Å². The first-order chi connectivity index (χ1) is 36.0. The van der Waals surface area contributed by atoms with Crippen molar-refractivity contribution in [3.8, 4) is 0 Å². The second-order valence-corrected chi connectivity index (χ2v) is 20.9. The lowest BCUT2D eigenvalue weighted by molar-refractivity contribution is -0.167. The van der Waals surface area contributed by atoms with Crippen molar-refractivity contribution in [2.45, 2.75) is 322 Å². The molecule has 1 atom stereocenters. The van der Waals surface area contributed by atoms with Crippen LogP contribution >= 0.6 is 0 Å². The summed E-state index contributed by atoms with van der Waals surface area (Å²) in [6.07, 6.45) is 79.0. The topological polar surface area (TPSA) is 78.9 Å². The summed E-state index contributed by atoms with van der Waals surface area (Å²) in [5.74, 6) is -0.901. The lowest BCUT2D eigenvalue weighted by Gasteiger charge is -2.18. The molecular weight excluding hydrogens is 901 g/mol. The van der Waals surface area contributed by atoms with Crippen molar-refractivity contribution in [1.82, 2.24) is 0 Å². The van der Waals surface area contributed by atoms with Crippen LogP contribution < -0.4 is 0 Å². The van der Waals surface area contributed by atoms with E-state index in [2.05, 4.69) is 93.7 Å². The second-order valence-electron chi connectivity index (χ2n) is 20.9. The molecule has 0 N–H and O–H groups in total. The molecule has 0 fully saturated rings. The molecule has 0 saturated carbocycles. The number of hydrogen-bond donors (Lipinski definition) is 0. The molecule has 0 rings (SSSR count). The summed E-state index contributed by atoms with van der Waals surface area (Å²) in [7, 11) is 0. The average Bonchev–Trinajstić information content (AvgIpc) is 3.39. The number of ether oxygens (including phenoxy) is 3. The predicted molar refractivity (Wildman–Crippen MR) is 316 cm³/mol. The molecule has 0 aromatic carbocycles. The second kappa shape index (κ2) is 61.4. The van der Waals surface area contributed by atoms with Gasteiger partial charge in [-0.2, -0.15) is 0 Å². The molecule has 0 heterocycles. The Balaban J connectivity index is 4.39. The Morgan fingerprint density at radius 3 is 0.863 bits per heavy atom. The van der Waals surface area contributed by atoms with Gasteiger partial charge < -0.3 is 14.2 Å². The highest BCUT2D eigenvalue weighted by atomic mass is 16.6. The maximum absolute atomic E-state index is 12.9. The fourth-order valence-electron chi connectivity index (χ4n) is 9.00. The van der Waals surface area contributed by atoms with Crippen molar-refractivity contribution in [2.24, 2.45) is 0 Å². The monoisotopic (exact) mass is 1020 g/mol. The van der Waals surface area contributed by atoms with Gasteiger partial charge in [0.25, 0.3) is 0 Å². The average molecular weight is 1020 g/mol. The largest absolute Gasteiger partial charge is 0.462 e. The van der Waals surface area contributed by atoms with E-state index in [1.54, 1.807) is 0 Å². The first-order valence-corrected chi connectivity index (χ1v) is 31.4. The molecule has 0 aliphatic rings. The van der Waals surface area contributed by atoms with Gasteiger partial charge in [0.05, 0.1) is 0 Å². The van der Waals surface area contributed by atoms with E-state index in [-0.39, 0.29) is 31.1 Å². The van der Waals surface area contributed by atoms with Gasteiger partial charge >= 0.3 is 17.9 Å². The van der Waals surface area contributed by atoms with Crippen LogP contribution in [0.1, 0.15) is 316 Å². The number of esters is 3. The lowest BCUT2D eigenvalue weighted by Crippen LogP contribution is -2.30. The number of hydrogen-bond acceptors (Lipinski definition) is 6. The van der Waals surface area contributed by atoms with E-state index in [4.69, 9.17) is 14.2 Å². The molecule has 73 heavy (non-hydrogen) atoms. The summed E-state index contributed by atoms with van der Waals surface area (Å²) in [5, 5.41) is 0. The quantitative estimate of drug-likeness (QED) is 0.0261. The van der Waals surface area contributed by atoms with Crippen LogP contribution in [0.25, 0.3) is 0 Å². The van der Waals surface area contributed by atoms with Crippen LogP contribution in [0, 0.1) is 0 Å². The Labute approximate surface area is 453 Å². The number of rotatable bonds is 57. The first-order valence-electron chi connectivity index (χ1n) is 31.4. The highest BCUT2D eigenvalue weighted by molar-refractivity contribution is 5.71. The molecule has 6 heteroatoms. The van der Waals surface area contributed by atoms with Crippen LogP contribution in [0.3, 0.4) is 0 Å². The minimum atomic E-state index is -0.789. The highest BCUT2D eigenvalue weighted by Crippen LogP contribution is 2.17. The van der Waals surface area contributed by atoms with Crippen molar-refractivity contribution in [3.63, 3.8) is 0 Å². The third-order valence-electron chi connectivity index (χ3n) is 13.7. The van der Waals surface area contributed by atoms with Gasteiger partial charge in [0.15, 0.2) is 6.10 Å². The Kier molecular flexibility index (Phi) is 58.7. The van der Waals surface area contributed by atoms with Crippen LogP contribution in [0.2, 0.25) is 0 Å². The summed E-state index contributed by atoms with van der Waals surface area (Å²) < 4.78 is 16.9. The van der Waals surface area contributed by atoms with Crippen LogP contribution in [-0.4, -0.2) is 37.2 Å². The Morgan fingerprint density at radius 1 is 0.288 bits per heavy atom. The van der Waals surface area contributed by atoms with Gasteiger partial charge in [-0.15, -0.1) is 0 Å². The van der Waals surface area contributed by atoms with Gasteiger partial charge in [0.2, 0.25) is 0 Å². The SMILES string of the molecule is CC/C=C\C/C=C\C/C=C\C/C=C\CCCCCCC(=O)OC[C@H](COC(=O)CCCCCCCCC/C=C\C/C=C\CCCCC)OC(=O)CCCCCCCCCCCCCCCCCCCCCCC. The van der Waals surface area contributed by atoms with Gasteiger partial charge in [-0.1, -0.05) is 280 Å². The molecule has 0 aromatic rings. The fourth-order valence-corrected chi connectivity index (χ4v) is 9.00. The number of unbranched alkanes of at least 4 members (excludes halogenated alkanes) is 34. The molecule has 0 unspecified atom stereocenters. The third-order valence-corrected chi connectivity index (χ3v) is 13.7. The maximum atomic E-state index is 12.9. The molecule has 0 aliphatic heterocycles. The maximum Gasteiger partial charge on any atom is 0.306 e. The zero-order valence-corrected chi connectivity index (χ0v) is 48.4. The molecule has 0 amide bonds. The molecule has 0 radical (unpaired) electrons. The summed E-state index contributed by atoms with van der Waals surface area (Å²) in [4.78, 5) is 38.3. The first kappa shape index (κ1) is 69.8. The molecule has 0 aliphatic carbocycles. The molecule has 0 spiro atoms. The fraction of sp³-hybridized carbons (Fsp3) is 0.776. The van der Waals surface area contributed by atoms with Crippen LogP contribution in [-0.2, 0) is 28.6 Å². The minimum absolute atomic E-state index is 0.0852. The summed E-state index contributed by atoms with van der Waals surface area (Å²) in [6, 6.07) is 0. The molecular formula is C67H118O6. The van der Waals surface area contributed by atoms with E-state index in [0.29, 0.717) is 19.3 Å². The van der Waals surface area contributed by atoms with E-state index >= 15 is 0 Å². The zero-order valence-electron chi connectivity index (χ0n) is 48.4. The number of carbonyl (C=O) groups is 3. The van der Waals surface area contributed by atoms with Gasteiger partial charge in [0, 0.05) is 19.3 Å². The lowest BCUT2D eigenvalue weighted by atomic mass is 10.0. The predicted octanol–water partition coefficient (Wildman–Crippen LogP) is 21.3. The molecule has 0 bridgehead atoms. The van der Waals surface area contributed by atoms with Crippen LogP contribution in [0.15, 0.2) is 72.9 Å². The third kappa shape index (κ3) is 59.6. The normalized spacial score (nSPS) is 12.5. The van der Waals surface area contributed by atoms with E-state index in [0.717, 1.165) is 109 Å². The van der Waals surface area contributed by atoms with Crippen molar-refractivity contribution in [3.05, 3.63) is 72.9 Å². The van der Waals surface area contributed by atoms with Crippen LogP contribution in [0.5, 0.6) is 0 Å². The standard InChI is InChI=1S/C67H118O6/c1-4-7-10-13-16-19-22-25-28-31-32-33-34-37-40-43-46-49-52-55-58-61-67(70)73-64(62-71-65(68)59-56-53-50-47-44-41-38-35-29-26-23-20-17-14-11-8-5-2)63-72-66(69)60-57-54-51-48-45-42-39-36-30-27-24-21-18-15-12-9-6-3/h8,11,17-18,20-21,26-27,29-30,38,41,64H,4-7,9-10,12-16,19,22-25,28,31-37,39-40,42-63H2,1-3H3/b11-8-,20-17-,21-18-,29-26-,30-27-,41-38-/t64-/m1/s1. The Bertz CT molecular complexity index is 1360. The van der Waals surface area contributed by atoms with Gasteiger partial charge in [-0.25, -0.2) is 0 Å². The molecule has 6 nitrogen and oxygen atoms in total. The van der Waals surface area contributed by atoms with Crippen molar-refractivity contribution >= 4 is 17.9 Å². The number of carbonyl (C=O) groups excluding carboxylic acids is 3. The highest BCUT2D eigenvalue weighted by Gasteiger charge is 2.19. The molecule has 422 valence electrons. The summed E-state index contributed by atoms with van der Waals surface area (Å²) in [6.45, 7) is 6.52. The Hall–Kier alpha value is -3.15. The summed E-state index contributed by atoms with van der Waals surface area (Å²) in [5.41, 5.74) is 0. The van der Waals surface area contributed by atoms with E-state index in [9.17, 15) is 14.4 Å². The number of allylic oxidation sites excluding steroid dienone is 12. The van der Waals surface area contributed by atoms with Gasteiger partial charge in [-0.05, 0) is 89.9 Å². The van der Waals surface area contributed by atoms with Gasteiger partial charge in [0.1, 0.15) is 13.2 Å². The van der Waals surface area contributed by atoms with Crippen molar-refractivity contribution < 1.29 is 28.6 Å². The van der Waals surface area contributed by atoms with E-state index in [1.165, 1.54) is 167 Å². The minimum Gasteiger partial charge on any atom is -0.462 e. The molecule has 0 saturated heterocycles. The van der Waals surface area contributed by atoms with Crippen molar-refractivity contribution in [2.75, 3.05) is 13.2 Å². The van der Waals surface area contributed by atoms with Crippen molar-refractivity contribution in [1.29, 1.82) is 0 Å². The zero-order chi connectivity index (χ0) is 52.9. The smallest absolute Gasteiger partial charge is 0.306 e. The van der Waals surface area contributed by atoms with Crippen LogP contribution in [0.4, 0.5) is 0 Å².